The predicted molar refractivity (Wildman–Crippen MR) is 71.0 cm³/mol. The maximum absolute atomic E-state index is 13.7. The molecule has 1 aliphatic rings. The molecule has 0 unspecified atom stereocenters. The van der Waals surface area contributed by atoms with Crippen molar-refractivity contribution in [1.29, 1.82) is 0 Å². The fourth-order valence-electron chi connectivity index (χ4n) is 2.74. The van der Waals surface area contributed by atoms with Crippen LogP contribution in [-0.4, -0.2) is 11.1 Å². The summed E-state index contributed by atoms with van der Waals surface area (Å²) in [4.78, 5) is 11.5. The molecule has 0 aromatic heterocycles. The summed E-state index contributed by atoms with van der Waals surface area (Å²) in [5, 5.41) is 9.48. The second-order valence-corrected chi connectivity index (χ2v) is 5.97. The van der Waals surface area contributed by atoms with Gasteiger partial charge < -0.3 is 5.11 Å². The van der Waals surface area contributed by atoms with Gasteiger partial charge in [-0.1, -0.05) is 35.2 Å². The Morgan fingerprint density at radius 2 is 2.00 bits per heavy atom. The first-order chi connectivity index (χ1) is 8.53. The zero-order chi connectivity index (χ0) is 13.2. The van der Waals surface area contributed by atoms with E-state index >= 15 is 0 Å². The van der Waals surface area contributed by atoms with Crippen molar-refractivity contribution in [2.45, 2.75) is 38.5 Å². The number of carbonyl (C=O) groups is 1. The minimum atomic E-state index is -0.790. The van der Waals surface area contributed by atoms with Crippen molar-refractivity contribution in [3.05, 3.63) is 34.1 Å². The van der Waals surface area contributed by atoms with Crippen LogP contribution in [-0.2, 0) is 11.2 Å². The van der Waals surface area contributed by atoms with Crippen LogP contribution in [0, 0.1) is 11.2 Å². The van der Waals surface area contributed by atoms with Crippen molar-refractivity contribution in [3.63, 3.8) is 0 Å². The summed E-state index contributed by atoms with van der Waals surface area (Å²) in [6, 6.07) is 4.71. The lowest BCUT2D eigenvalue weighted by atomic mass is 9.70. The highest BCUT2D eigenvalue weighted by Crippen LogP contribution is 2.40. The van der Waals surface area contributed by atoms with Gasteiger partial charge in [-0.15, -0.1) is 0 Å². The maximum Gasteiger partial charge on any atom is 0.309 e. The van der Waals surface area contributed by atoms with Gasteiger partial charge in [0.1, 0.15) is 5.82 Å². The van der Waals surface area contributed by atoms with Crippen LogP contribution in [0.15, 0.2) is 22.7 Å². The van der Waals surface area contributed by atoms with Gasteiger partial charge in [0.25, 0.3) is 0 Å². The number of hydrogen-bond acceptors (Lipinski definition) is 1. The van der Waals surface area contributed by atoms with Crippen LogP contribution in [0.3, 0.4) is 0 Å². The van der Waals surface area contributed by atoms with Crippen molar-refractivity contribution >= 4 is 21.9 Å². The molecule has 18 heavy (non-hydrogen) atoms. The molecule has 1 aromatic rings. The van der Waals surface area contributed by atoms with Crippen molar-refractivity contribution in [2.75, 3.05) is 0 Å². The maximum atomic E-state index is 13.7. The lowest BCUT2D eigenvalue weighted by Gasteiger charge is -2.33. The Labute approximate surface area is 114 Å². The summed E-state index contributed by atoms with van der Waals surface area (Å²) >= 11 is 3.30. The van der Waals surface area contributed by atoms with Crippen molar-refractivity contribution in [2.24, 2.45) is 5.41 Å². The Morgan fingerprint density at radius 1 is 1.33 bits per heavy atom. The number of carboxylic acid groups (broad SMARTS) is 1. The van der Waals surface area contributed by atoms with E-state index in [0.29, 0.717) is 18.4 Å². The largest absolute Gasteiger partial charge is 0.481 e. The average molecular weight is 315 g/mol. The van der Waals surface area contributed by atoms with Gasteiger partial charge in [-0.3, -0.25) is 4.79 Å². The van der Waals surface area contributed by atoms with E-state index in [1.54, 1.807) is 12.1 Å². The van der Waals surface area contributed by atoms with Gasteiger partial charge >= 0.3 is 5.97 Å². The van der Waals surface area contributed by atoms with Gasteiger partial charge in [0.15, 0.2) is 0 Å². The highest BCUT2D eigenvalue weighted by Gasteiger charge is 2.40. The van der Waals surface area contributed by atoms with Crippen LogP contribution >= 0.6 is 15.9 Å². The number of hydrogen-bond donors (Lipinski definition) is 1. The van der Waals surface area contributed by atoms with Crippen LogP contribution in [0.25, 0.3) is 0 Å². The number of halogens is 2. The molecular weight excluding hydrogens is 299 g/mol. The highest BCUT2D eigenvalue weighted by atomic mass is 79.9. The smallest absolute Gasteiger partial charge is 0.309 e. The molecule has 0 spiro atoms. The summed E-state index contributed by atoms with van der Waals surface area (Å²) in [5.41, 5.74) is -0.284. The van der Waals surface area contributed by atoms with E-state index in [2.05, 4.69) is 15.9 Å². The first kappa shape index (κ1) is 13.5. The Bertz CT molecular complexity index is 453. The van der Waals surface area contributed by atoms with Gasteiger partial charge in [0, 0.05) is 4.47 Å². The zero-order valence-electron chi connectivity index (χ0n) is 10.1. The molecule has 2 nitrogen and oxygen atoms in total. The molecule has 0 amide bonds. The van der Waals surface area contributed by atoms with Gasteiger partial charge in [0.2, 0.25) is 0 Å². The molecule has 1 saturated carbocycles. The Hall–Kier alpha value is -0.900. The molecule has 4 heteroatoms. The first-order valence-electron chi connectivity index (χ1n) is 6.21. The van der Waals surface area contributed by atoms with E-state index in [9.17, 15) is 14.3 Å². The van der Waals surface area contributed by atoms with E-state index < -0.39 is 11.4 Å². The molecule has 0 heterocycles. The number of aliphatic carboxylic acids is 1. The third kappa shape index (κ3) is 2.74. The van der Waals surface area contributed by atoms with Gasteiger partial charge in [-0.05, 0) is 43.0 Å². The van der Waals surface area contributed by atoms with E-state index in [0.717, 1.165) is 23.7 Å². The van der Waals surface area contributed by atoms with Crippen LogP contribution in [0.5, 0.6) is 0 Å². The molecule has 2 rings (SSSR count). The van der Waals surface area contributed by atoms with Crippen LogP contribution in [0.4, 0.5) is 4.39 Å². The van der Waals surface area contributed by atoms with Crippen LogP contribution in [0.1, 0.15) is 37.7 Å². The first-order valence-corrected chi connectivity index (χ1v) is 7.00. The zero-order valence-corrected chi connectivity index (χ0v) is 11.7. The molecular formula is C14H16BrFO2. The summed E-state index contributed by atoms with van der Waals surface area (Å²) in [6.45, 7) is 0. The van der Waals surface area contributed by atoms with Crippen molar-refractivity contribution < 1.29 is 14.3 Å². The molecule has 0 atom stereocenters. The molecule has 1 aliphatic carbocycles. The number of benzene rings is 1. The van der Waals surface area contributed by atoms with E-state index in [-0.39, 0.29) is 12.2 Å². The van der Waals surface area contributed by atoms with Crippen LogP contribution in [0.2, 0.25) is 0 Å². The van der Waals surface area contributed by atoms with E-state index in [1.165, 1.54) is 6.07 Å². The summed E-state index contributed by atoms with van der Waals surface area (Å²) in [7, 11) is 0. The van der Waals surface area contributed by atoms with Gasteiger partial charge in [0.05, 0.1) is 5.41 Å². The lowest BCUT2D eigenvalue weighted by molar-refractivity contribution is -0.151. The van der Waals surface area contributed by atoms with Crippen molar-refractivity contribution in [3.8, 4) is 0 Å². The van der Waals surface area contributed by atoms with Crippen LogP contribution < -0.4 is 0 Å². The third-order valence-electron chi connectivity index (χ3n) is 3.80. The van der Waals surface area contributed by atoms with Crippen molar-refractivity contribution in [1.82, 2.24) is 0 Å². The standard InChI is InChI=1S/C14H16BrFO2/c15-11-4-5-12(16)10(8-11)9-14(13(17)18)6-2-1-3-7-14/h4-5,8H,1-3,6-7,9H2,(H,17,18). The number of carboxylic acids is 1. The normalized spacial score (nSPS) is 18.6. The monoisotopic (exact) mass is 314 g/mol. The topological polar surface area (TPSA) is 37.3 Å². The highest BCUT2D eigenvalue weighted by molar-refractivity contribution is 9.10. The fourth-order valence-corrected chi connectivity index (χ4v) is 3.15. The van der Waals surface area contributed by atoms with E-state index in [4.69, 9.17) is 0 Å². The fraction of sp³-hybridized carbons (Fsp3) is 0.500. The minimum Gasteiger partial charge on any atom is -0.481 e. The second-order valence-electron chi connectivity index (χ2n) is 5.06. The SMILES string of the molecule is O=C(O)C1(Cc2cc(Br)ccc2F)CCCCC1. The molecule has 1 N–H and O–H groups in total. The Balaban J connectivity index is 2.28. The summed E-state index contributed by atoms with van der Waals surface area (Å²) in [5.74, 6) is -1.11. The molecule has 0 bridgehead atoms. The predicted octanol–water partition coefficient (Wildman–Crippen LogP) is 4.17. The molecule has 0 saturated heterocycles. The summed E-state index contributed by atoms with van der Waals surface area (Å²) in [6.07, 6.45) is 4.50. The third-order valence-corrected chi connectivity index (χ3v) is 4.29. The summed E-state index contributed by atoms with van der Waals surface area (Å²) < 4.78 is 14.5. The lowest BCUT2D eigenvalue weighted by Crippen LogP contribution is -2.35. The Morgan fingerprint density at radius 3 is 2.61 bits per heavy atom. The molecule has 0 radical (unpaired) electrons. The molecule has 1 aromatic carbocycles. The second kappa shape index (κ2) is 5.39. The molecule has 98 valence electrons. The minimum absolute atomic E-state index is 0.285. The molecule has 0 aliphatic heterocycles. The number of rotatable bonds is 3. The molecule has 1 fully saturated rings. The quantitative estimate of drug-likeness (QED) is 0.909. The van der Waals surface area contributed by atoms with E-state index in [1.807, 2.05) is 0 Å². The average Bonchev–Trinajstić information content (AvgIpc) is 2.35. The van der Waals surface area contributed by atoms with Gasteiger partial charge in [-0.2, -0.15) is 0 Å². The van der Waals surface area contributed by atoms with Gasteiger partial charge in [-0.25, -0.2) is 4.39 Å². The Kier molecular flexibility index (Phi) is 4.05.